The van der Waals surface area contributed by atoms with Gasteiger partial charge < -0.3 is 10.6 Å². The van der Waals surface area contributed by atoms with Crippen LogP contribution in [0.1, 0.15) is 31.8 Å². The third-order valence-electron chi connectivity index (χ3n) is 4.09. The SMILES string of the molecule is Cc1cccc(NC(=O)c2ccccc2NC(=O)c2ccccc2C)c1. The average Bonchev–Trinajstić information content (AvgIpc) is 2.62. The molecule has 4 heteroatoms. The van der Waals surface area contributed by atoms with Crippen molar-refractivity contribution in [3.8, 4) is 0 Å². The van der Waals surface area contributed by atoms with E-state index < -0.39 is 0 Å². The molecular weight excluding hydrogens is 324 g/mol. The molecule has 2 amide bonds. The maximum Gasteiger partial charge on any atom is 0.257 e. The average molecular weight is 344 g/mol. The number of aryl methyl sites for hydroxylation is 2. The molecule has 3 rings (SSSR count). The van der Waals surface area contributed by atoms with Crippen molar-refractivity contribution in [2.75, 3.05) is 10.6 Å². The number of hydrogen-bond acceptors (Lipinski definition) is 2. The van der Waals surface area contributed by atoms with Crippen molar-refractivity contribution in [2.24, 2.45) is 0 Å². The second-order valence-corrected chi connectivity index (χ2v) is 6.14. The highest BCUT2D eigenvalue weighted by atomic mass is 16.2. The summed E-state index contributed by atoms with van der Waals surface area (Å²) in [6.45, 7) is 3.84. The molecule has 0 spiro atoms. The van der Waals surface area contributed by atoms with E-state index in [0.29, 0.717) is 16.8 Å². The molecule has 0 bridgehead atoms. The van der Waals surface area contributed by atoms with Gasteiger partial charge in [-0.25, -0.2) is 0 Å². The molecule has 130 valence electrons. The zero-order valence-corrected chi connectivity index (χ0v) is 14.7. The van der Waals surface area contributed by atoms with Crippen molar-refractivity contribution < 1.29 is 9.59 Å². The van der Waals surface area contributed by atoms with Crippen molar-refractivity contribution in [1.82, 2.24) is 0 Å². The molecule has 26 heavy (non-hydrogen) atoms. The molecule has 0 heterocycles. The van der Waals surface area contributed by atoms with Crippen LogP contribution in [0.5, 0.6) is 0 Å². The number of carbonyl (C=O) groups is 2. The fraction of sp³-hybridized carbons (Fsp3) is 0.0909. The standard InChI is InChI=1S/C22H20N2O2/c1-15-8-7-10-17(14-15)23-22(26)19-12-5-6-13-20(19)24-21(25)18-11-4-3-9-16(18)2/h3-14H,1-2H3,(H,23,26)(H,24,25). The van der Waals surface area contributed by atoms with E-state index >= 15 is 0 Å². The number of hydrogen-bond donors (Lipinski definition) is 2. The van der Waals surface area contributed by atoms with Crippen molar-refractivity contribution >= 4 is 23.2 Å². The van der Waals surface area contributed by atoms with Crippen LogP contribution in [0.3, 0.4) is 0 Å². The fourth-order valence-corrected chi connectivity index (χ4v) is 2.73. The second-order valence-electron chi connectivity index (χ2n) is 6.14. The zero-order chi connectivity index (χ0) is 18.5. The van der Waals surface area contributed by atoms with Gasteiger partial charge in [-0.15, -0.1) is 0 Å². The Labute approximate surface area is 152 Å². The van der Waals surface area contributed by atoms with E-state index in [4.69, 9.17) is 0 Å². The largest absolute Gasteiger partial charge is 0.322 e. The Morgan fingerprint density at radius 2 is 1.35 bits per heavy atom. The third kappa shape index (κ3) is 3.98. The number of para-hydroxylation sites is 1. The van der Waals surface area contributed by atoms with Crippen LogP contribution in [0.15, 0.2) is 72.8 Å². The van der Waals surface area contributed by atoms with Crippen LogP contribution >= 0.6 is 0 Å². The minimum absolute atomic E-state index is 0.237. The summed E-state index contributed by atoms with van der Waals surface area (Å²) < 4.78 is 0. The van der Waals surface area contributed by atoms with Gasteiger partial charge in [0.1, 0.15) is 0 Å². The molecule has 0 aromatic heterocycles. The maximum atomic E-state index is 12.7. The third-order valence-corrected chi connectivity index (χ3v) is 4.09. The van der Waals surface area contributed by atoms with Crippen LogP contribution in [-0.4, -0.2) is 11.8 Å². The van der Waals surface area contributed by atoms with Gasteiger partial charge in [0.05, 0.1) is 11.3 Å². The van der Waals surface area contributed by atoms with E-state index in [1.165, 1.54) is 0 Å². The quantitative estimate of drug-likeness (QED) is 0.714. The van der Waals surface area contributed by atoms with E-state index in [1.807, 2.05) is 56.3 Å². The molecule has 0 radical (unpaired) electrons. The molecule has 0 atom stereocenters. The van der Waals surface area contributed by atoms with Crippen molar-refractivity contribution in [3.05, 3.63) is 95.1 Å². The van der Waals surface area contributed by atoms with Crippen LogP contribution in [0.25, 0.3) is 0 Å². The molecule has 2 N–H and O–H groups in total. The Hall–Kier alpha value is -3.40. The lowest BCUT2D eigenvalue weighted by Gasteiger charge is -2.12. The van der Waals surface area contributed by atoms with Crippen molar-refractivity contribution in [1.29, 1.82) is 0 Å². The fourth-order valence-electron chi connectivity index (χ4n) is 2.73. The summed E-state index contributed by atoms with van der Waals surface area (Å²) in [6, 6.07) is 21.9. The summed E-state index contributed by atoms with van der Waals surface area (Å²) in [6.07, 6.45) is 0. The maximum absolute atomic E-state index is 12.7. The Morgan fingerprint density at radius 1 is 0.692 bits per heavy atom. The molecule has 0 unspecified atom stereocenters. The van der Waals surface area contributed by atoms with Crippen LogP contribution in [0, 0.1) is 13.8 Å². The molecular formula is C22H20N2O2. The first-order chi connectivity index (χ1) is 12.5. The molecule has 3 aromatic carbocycles. The number of carbonyl (C=O) groups excluding carboxylic acids is 2. The second kappa shape index (κ2) is 7.66. The van der Waals surface area contributed by atoms with Gasteiger partial charge in [-0.1, -0.05) is 42.5 Å². The minimum Gasteiger partial charge on any atom is -0.322 e. The highest BCUT2D eigenvalue weighted by Gasteiger charge is 2.15. The van der Waals surface area contributed by atoms with Crippen LogP contribution < -0.4 is 10.6 Å². The van der Waals surface area contributed by atoms with Gasteiger partial charge in [0.25, 0.3) is 11.8 Å². The predicted octanol–water partition coefficient (Wildman–Crippen LogP) is 4.81. The normalized spacial score (nSPS) is 10.2. The summed E-state index contributed by atoms with van der Waals surface area (Å²) in [5, 5.41) is 5.72. The number of amides is 2. The summed E-state index contributed by atoms with van der Waals surface area (Å²) in [5.74, 6) is -0.504. The van der Waals surface area contributed by atoms with Gasteiger partial charge in [-0.05, 0) is 55.3 Å². The molecule has 0 fully saturated rings. The predicted molar refractivity (Wildman–Crippen MR) is 105 cm³/mol. The molecule has 3 aromatic rings. The van der Waals surface area contributed by atoms with E-state index in [9.17, 15) is 9.59 Å². The number of rotatable bonds is 4. The van der Waals surface area contributed by atoms with Crippen molar-refractivity contribution in [3.63, 3.8) is 0 Å². The zero-order valence-electron chi connectivity index (χ0n) is 14.7. The summed E-state index contributed by atoms with van der Waals surface area (Å²) in [7, 11) is 0. The van der Waals surface area contributed by atoms with Crippen molar-refractivity contribution in [2.45, 2.75) is 13.8 Å². The lowest BCUT2D eigenvalue weighted by molar-refractivity contribution is 0.102. The summed E-state index contributed by atoms with van der Waals surface area (Å²) in [5.41, 5.74) is 4.13. The Kier molecular flexibility index (Phi) is 5.13. The molecule has 4 nitrogen and oxygen atoms in total. The van der Waals surface area contributed by atoms with Gasteiger partial charge in [0.15, 0.2) is 0 Å². The highest BCUT2D eigenvalue weighted by Crippen LogP contribution is 2.19. The first-order valence-electron chi connectivity index (χ1n) is 8.38. The Morgan fingerprint density at radius 3 is 2.08 bits per heavy atom. The van der Waals surface area contributed by atoms with E-state index in [2.05, 4.69) is 10.6 Å². The van der Waals surface area contributed by atoms with Gasteiger partial charge >= 0.3 is 0 Å². The first-order valence-corrected chi connectivity index (χ1v) is 8.38. The highest BCUT2D eigenvalue weighted by molar-refractivity contribution is 6.12. The molecule has 0 aliphatic heterocycles. The topological polar surface area (TPSA) is 58.2 Å². The van der Waals surface area contributed by atoms with E-state index in [-0.39, 0.29) is 11.8 Å². The van der Waals surface area contributed by atoms with Crippen LogP contribution in [0.2, 0.25) is 0 Å². The Balaban J connectivity index is 1.83. The van der Waals surface area contributed by atoms with E-state index in [1.54, 1.807) is 30.3 Å². The molecule has 0 saturated carbocycles. The molecule has 0 saturated heterocycles. The number of benzene rings is 3. The van der Waals surface area contributed by atoms with Gasteiger partial charge in [0.2, 0.25) is 0 Å². The monoisotopic (exact) mass is 344 g/mol. The number of nitrogens with one attached hydrogen (secondary N) is 2. The van der Waals surface area contributed by atoms with Crippen LogP contribution in [0.4, 0.5) is 11.4 Å². The Bertz CT molecular complexity index is 964. The van der Waals surface area contributed by atoms with Gasteiger partial charge in [-0.2, -0.15) is 0 Å². The van der Waals surface area contributed by atoms with Crippen LogP contribution in [-0.2, 0) is 0 Å². The lowest BCUT2D eigenvalue weighted by Crippen LogP contribution is -2.18. The lowest BCUT2D eigenvalue weighted by atomic mass is 10.1. The minimum atomic E-state index is -0.267. The summed E-state index contributed by atoms with van der Waals surface area (Å²) >= 11 is 0. The van der Waals surface area contributed by atoms with Gasteiger partial charge in [-0.3, -0.25) is 9.59 Å². The first kappa shape index (κ1) is 17.4. The number of anilines is 2. The smallest absolute Gasteiger partial charge is 0.257 e. The summed E-state index contributed by atoms with van der Waals surface area (Å²) in [4.78, 5) is 25.2. The van der Waals surface area contributed by atoms with E-state index in [0.717, 1.165) is 16.8 Å². The van der Waals surface area contributed by atoms with Gasteiger partial charge in [0, 0.05) is 11.3 Å². The molecule has 0 aliphatic rings. The molecule has 0 aliphatic carbocycles.